The van der Waals surface area contributed by atoms with Crippen LogP contribution in [0.25, 0.3) is 0 Å². The van der Waals surface area contributed by atoms with Crippen LogP contribution in [0.4, 0.5) is 0 Å². The Hall–Kier alpha value is -4.27. The average Bonchev–Trinajstić information content (AvgIpc) is 3.37. The molecule has 352 valence electrons. The van der Waals surface area contributed by atoms with E-state index in [4.69, 9.17) is 10.2 Å². The van der Waals surface area contributed by atoms with Crippen LogP contribution in [0.15, 0.2) is 0 Å². The molecule has 0 bridgehead atoms. The van der Waals surface area contributed by atoms with E-state index in [1.165, 1.54) is 9.80 Å². The zero-order valence-electron chi connectivity index (χ0n) is 32.9. The number of nitrogens with one attached hydrogen (secondary N) is 2. The predicted molar refractivity (Wildman–Crippen MR) is 198 cm³/mol. The molecule has 0 saturated carbocycles. The Kier molecular flexibility index (Phi) is 23.6. The van der Waals surface area contributed by atoms with Gasteiger partial charge >= 0.3 is 23.9 Å². The van der Waals surface area contributed by atoms with Crippen LogP contribution in [0.3, 0.4) is 0 Å². The van der Waals surface area contributed by atoms with Gasteiger partial charge in [0.15, 0.2) is 12.2 Å². The third-order valence-electron chi connectivity index (χ3n) is 9.72. The first-order valence-electron chi connectivity index (χ1n) is 18.7. The maximum absolute atomic E-state index is 14.0. The SMILES string of the molecule is O=C(O)CN1CCN(CC(=O)O)CC(CCC(=O)N(CCNC(=O)C(O)C(O)C(O)C(O)CO)CCNC(=O)C(O)C(O)C(O)C(O)C(O)CO)(N(CC(=O)O)CC(=O)O)C1. The van der Waals surface area contributed by atoms with E-state index in [9.17, 15) is 99.9 Å². The molecule has 0 aromatic carbocycles. The molecule has 0 aliphatic carbocycles. The minimum Gasteiger partial charge on any atom is -0.480 e. The molecule has 1 rings (SSSR count). The number of aliphatic hydroxyl groups excluding tert-OH is 11. The van der Waals surface area contributed by atoms with Crippen LogP contribution in [0, 0.1) is 0 Å². The van der Waals surface area contributed by atoms with Crippen LogP contribution < -0.4 is 10.6 Å². The van der Waals surface area contributed by atoms with E-state index < -0.39 is 180 Å². The van der Waals surface area contributed by atoms with Crippen molar-refractivity contribution in [1.82, 2.24) is 30.2 Å². The Balaban J connectivity index is 3.49. The van der Waals surface area contributed by atoms with Crippen molar-refractivity contribution in [3.8, 4) is 0 Å². The van der Waals surface area contributed by atoms with E-state index in [1.807, 2.05) is 0 Å². The minimum absolute atomic E-state index is 0.0656. The number of carboxylic acids is 4. The molecule has 3 amide bonds. The Morgan fingerprint density at radius 2 is 0.934 bits per heavy atom. The molecule has 0 spiro atoms. The first-order valence-corrected chi connectivity index (χ1v) is 18.7. The van der Waals surface area contributed by atoms with Crippen LogP contribution in [-0.4, -0.2) is 290 Å². The van der Waals surface area contributed by atoms with Crippen LogP contribution >= 0.6 is 0 Å². The summed E-state index contributed by atoms with van der Waals surface area (Å²) in [6, 6.07) is 0. The van der Waals surface area contributed by atoms with Crippen LogP contribution in [0.5, 0.6) is 0 Å². The van der Waals surface area contributed by atoms with Gasteiger partial charge in [-0.25, -0.2) is 0 Å². The predicted octanol–water partition coefficient (Wildman–Crippen LogP) is -10.9. The minimum atomic E-state index is -2.46. The Morgan fingerprint density at radius 1 is 0.557 bits per heavy atom. The first kappa shape index (κ1) is 54.7. The summed E-state index contributed by atoms with van der Waals surface area (Å²) in [5.74, 6) is -9.31. The summed E-state index contributed by atoms with van der Waals surface area (Å²) in [7, 11) is 0. The second kappa shape index (κ2) is 26.3. The molecule has 28 heteroatoms. The van der Waals surface area contributed by atoms with Crippen molar-refractivity contribution >= 4 is 41.6 Å². The van der Waals surface area contributed by atoms with Crippen molar-refractivity contribution in [3.63, 3.8) is 0 Å². The van der Waals surface area contributed by atoms with Gasteiger partial charge in [-0.05, 0) is 6.42 Å². The van der Waals surface area contributed by atoms with E-state index in [0.29, 0.717) is 0 Å². The number of nitrogens with zero attached hydrogens (tertiary/aromatic N) is 4. The van der Waals surface area contributed by atoms with Gasteiger partial charge in [0.05, 0.1) is 39.4 Å². The van der Waals surface area contributed by atoms with E-state index in [1.54, 1.807) is 0 Å². The first-order chi connectivity index (χ1) is 28.4. The number of hydrogen-bond donors (Lipinski definition) is 17. The molecule has 28 nitrogen and oxygen atoms in total. The molecule has 1 heterocycles. The van der Waals surface area contributed by atoms with Gasteiger partial charge in [0.1, 0.15) is 42.7 Å². The molecule has 1 saturated heterocycles. The van der Waals surface area contributed by atoms with Crippen molar-refractivity contribution in [2.45, 2.75) is 73.3 Å². The maximum atomic E-state index is 14.0. The lowest BCUT2D eigenvalue weighted by Crippen LogP contribution is -2.62. The highest BCUT2D eigenvalue weighted by atomic mass is 16.4. The number of carbonyl (C=O) groups is 7. The van der Waals surface area contributed by atoms with Gasteiger partial charge in [-0.2, -0.15) is 0 Å². The summed E-state index contributed by atoms with van der Waals surface area (Å²) in [4.78, 5) is 91.2. The van der Waals surface area contributed by atoms with E-state index >= 15 is 0 Å². The van der Waals surface area contributed by atoms with Gasteiger partial charge in [0.2, 0.25) is 5.91 Å². The van der Waals surface area contributed by atoms with Gasteiger partial charge < -0.3 is 92.1 Å². The second-order valence-corrected chi connectivity index (χ2v) is 14.4. The second-order valence-electron chi connectivity index (χ2n) is 14.4. The number of hydrogen-bond acceptors (Lipinski definition) is 21. The fraction of sp³-hybridized carbons (Fsp3) is 0.788. The van der Waals surface area contributed by atoms with Crippen molar-refractivity contribution in [1.29, 1.82) is 0 Å². The van der Waals surface area contributed by atoms with Gasteiger partial charge in [0, 0.05) is 64.3 Å². The van der Waals surface area contributed by atoms with Crippen molar-refractivity contribution in [3.05, 3.63) is 0 Å². The summed E-state index contributed by atoms with van der Waals surface area (Å²) >= 11 is 0. The maximum Gasteiger partial charge on any atom is 0.317 e. The fourth-order valence-electron chi connectivity index (χ4n) is 6.46. The summed E-state index contributed by atoms with van der Waals surface area (Å²) in [6.45, 7) is -8.33. The van der Waals surface area contributed by atoms with Gasteiger partial charge in [-0.3, -0.25) is 48.3 Å². The average molecular weight is 891 g/mol. The number of aliphatic hydroxyl groups is 11. The number of carbonyl (C=O) groups excluding carboxylic acids is 3. The van der Waals surface area contributed by atoms with Crippen LogP contribution in [0.2, 0.25) is 0 Å². The van der Waals surface area contributed by atoms with E-state index in [0.717, 1.165) is 9.80 Å². The molecule has 1 fully saturated rings. The van der Waals surface area contributed by atoms with E-state index in [2.05, 4.69) is 10.6 Å². The number of rotatable bonds is 29. The highest BCUT2D eigenvalue weighted by Gasteiger charge is 2.45. The summed E-state index contributed by atoms with van der Waals surface area (Å²) in [5, 5.41) is 150. The summed E-state index contributed by atoms with van der Waals surface area (Å²) < 4.78 is 0. The molecule has 0 radical (unpaired) electrons. The molecule has 17 N–H and O–H groups in total. The smallest absolute Gasteiger partial charge is 0.317 e. The number of amides is 3. The Bertz CT molecular complexity index is 1420. The zero-order chi connectivity index (χ0) is 46.8. The lowest BCUT2D eigenvalue weighted by atomic mass is 9.88. The van der Waals surface area contributed by atoms with Gasteiger partial charge in [-0.15, -0.1) is 0 Å². The monoisotopic (exact) mass is 890 g/mol. The standard InChI is InChI=1S/C33H58N6O22/c40-13-17(42)24(53)26(55)28(57)30(59)32(61)35-4-6-38(5-3-34-31(60)29(58)27(56)25(54)18(43)14-41)19(44)1-2-33(39(11-22(49)50)12-23(51)52)15-36(9-20(45)46)7-8-37(16-33)10-21(47)48/h17-18,24-30,40-43,53-59H,1-16H2,(H,34,60)(H,35,61)(H,45,46)(H,47,48)(H,49,50)(H,51,52). The molecular formula is C33H58N6O22. The number of aliphatic carboxylic acids is 4. The third-order valence-corrected chi connectivity index (χ3v) is 9.72. The Labute approximate surface area is 347 Å². The molecule has 61 heavy (non-hydrogen) atoms. The van der Waals surface area contributed by atoms with Gasteiger partial charge in [-0.1, -0.05) is 0 Å². The lowest BCUT2D eigenvalue weighted by molar-refractivity contribution is -0.157. The third kappa shape index (κ3) is 17.9. The topological polar surface area (TPSA) is 460 Å². The van der Waals surface area contributed by atoms with Crippen molar-refractivity contribution in [2.75, 3.05) is 91.8 Å². The number of carboxylic acid groups (broad SMARTS) is 4. The highest BCUT2D eigenvalue weighted by molar-refractivity contribution is 5.82. The molecule has 1 aliphatic heterocycles. The quantitative estimate of drug-likeness (QED) is 0.0331. The molecule has 9 unspecified atom stereocenters. The largest absolute Gasteiger partial charge is 0.480 e. The zero-order valence-corrected chi connectivity index (χ0v) is 32.9. The van der Waals surface area contributed by atoms with Crippen molar-refractivity contribution < 1.29 is 110 Å². The van der Waals surface area contributed by atoms with Gasteiger partial charge in [0.25, 0.3) is 11.8 Å². The Morgan fingerprint density at radius 3 is 1.30 bits per heavy atom. The van der Waals surface area contributed by atoms with Crippen molar-refractivity contribution in [2.24, 2.45) is 0 Å². The fourth-order valence-corrected chi connectivity index (χ4v) is 6.46. The van der Waals surface area contributed by atoms with Crippen LogP contribution in [0.1, 0.15) is 12.8 Å². The summed E-state index contributed by atoms with van der Waals surface area (Å²) in [6.07, 6.45) is -21.3. The lowest BCUT2D eigenvalue weighted by Gasteiger charge is -2.45. The molecule has 1 aliphatic rings. The highest BCUT2D eigenvalue weighted by Crippen LogP contribution is 2.28. The molecular weight excluding hydrogens is 832 g/mol. The summed E-state index contributed by atoms with van der Waals surface area (Å²) in [5.41, 5.74) is -1.74. The molecule has 9 atom stereocenters. The molecule has 0 aromatic heterocycles. The van der Waals surface area contributed by atoms with Crippen LogP contribution in [-0.2, 0) is 33.6 Å². The normalized spacial score (nSPS) is 19.2. The molecule has 0 aromatic rings. The van der Waals surface area contributed by atoms with E-state index in [-0.39, 0.29) is 26.2 Å².